The Hall–Kier alpha value is -0.940. The van der Waals surface area contributed by atoms with Gasteiger partial charge in [0.2, 0.25) is 5.89 Å². The van der Waals surface area contributed by atoms with E-state index in [2.05, 4.69) is 10.1 Å². The lowest BCUT2D eigenvalue weighted by Gasteiger charge is -2.13. The maximum absolute atomic E-state index is 9.41. The highest BCUT2D eigenvalue weighted by Crippen LogP contribution is 2.29. The van der Waals surface area contributed by atoms with Crippen molar-refractivity contribution in [3.05, 3.63) is 11.7 Å². The van der Waals surface area contributed by atoms with E-state index in [9.17, 15) is 5.11 Å². The fourth-order valence-electron chi connectivity index (χ4n) is 1.71. The van der Waals surface area contributed by atoms with Crippen LogP contribution < -0.4 is 0 Å². The normalized spacial score (nSPS) is 29.8. The third kappa shape index (κ3) is 1.57. The molecule has 0 saturated carbocycles. The minimum atomic E-state index is -0.276. The van der Waals surface area contributed by atoms with E-state index in [0.717, 1.165) is 0 Å². The average molecular weight is 183 g/mol. The number of likely N-dealkylation sites (N-methyl/N-ethyl adjacent to an activating group) is 1. The first-order valence-electron chi connectivity index (χ1n) is 4.35. The summed E-state index contributed by atoms with van der Waals surface area (Å²) >= 11 is 0. The van der Waals surface area contributed by atoms with E-state index in [1.165, 1.54) is 0 Å². The summed E-state index contributed by atoms with van der Waals surface area (Å²) in [7, 11) is 1.94. The molecule has 13 heavy (non-hydrogen) atoms. The van der Waals surface area contributed by atoms with Gasteiger partial charge in [0.15, 0.2) is 5.82 Å². The third-order valence-corrected chi connectivity index (χ3v) is 2.35. The molecule has 0 aliphatic carbocycles. The molecule has 72 valence electrons. The summed E-state index contributed by atoms with van der Waals surface area (Å²) in [6, 6.07) is 0.0798. The summed E-state index contributed by atoms with van der Waals surface area (Å²) in [5.41, 5.74) is 0. The SMILES string of the molecule is Cc1noc([C@@H]2CC(O)CN2C)n1. The Bertz CT molecular complexity index is 299. The fraction of sp³-hybridized carbons (Fsp3) is 0.750. The number of β-amino-alcohol motifs (C(OH)–C–C–N with tert-alkyl or cyclic N) is 1. The lowest BCUT2D eigenvalue weighted by molar-refractivity contribution is 0.182. The van der Waals surface area contributed by atoms with Crippen LogP contribution in [-0.2, 0) is 0 Å². The van der Waals surface area contributed by atoms with Gasteiger partial charge >= 0.3 is 0 Å². The topological polar surface area (TPSA) is 62.4 Å². The van der Waals surface area contributed by atoms with E-state index in [0.29, 0.717) is 24.7 Å². The summed E-state index contributed by atoms with van der Waals surface area (Å²) in [5, 5.41) is 13.1. The fourth-order valence-corrected chi connectivity index (χ4v) is 1.71. The minimum absolute atomic E-state index is 0.0798. The number of rotatable bonds is 1. The maximum atomic E-state index is 9.41. The summed E-state index contributed by atoms with van der Waals surface area (Å²) in [5.74, 6) is 1.25. The number of aromatic nitrogens is 2. The van der Waals surface area contributed by atoms with Gasteiger partial charge in [-0.05, 0) is 20.4 Å². The van der Waals surface area contributed by atoms with Crippen molar-refractivity contribution in [2.75, 3.05) is 13.6 Å². The second kappa shape index (κ2) is 3.08. The standard InChI is InChI=1S/C8H13N3O2/c1-5-9-8(13-10-5)7-3-6(12)4-11(7)2/h6-7,12H,3-4H2,1-2H3/t6?,7-/m0/s1. The molecule has 0 bridgehead atoms. The minimum Gasteiger partial charge on any atom is -0.392 e. The molecule has 1 aliphatic rings. The smallest absolute Gasteiger partial charge is 0.244 e. The lowest BCUT2D eigenvalue weighted by atomic mass is 10.2. The Morgan fingerprint density at radius 3 is 2.85 bits per heavy atom. The maximum Gasteiger partial charge on any atom is 0.244 e. The van der Waals surface area contributed by atoms with Crippen molar-refractivity contribution >= 4 is 0 Å². The van der Waals surface area contributed by atoms with E-state index in [1.807, 2.05) is 11.9 Å². The van der Waals surface area contributed by atoms with Crippen LogP contribution in [0, 0.1) is 6.92 Å². The average Bonchev–Trinajstić information content (AvgIpc) is 2.58. The number of aryl methyl sites for hydroxylation is 1. The molecule has 2 heterocycles. The highest BCUT2D eigenvalue weighted by atomic mass is 16.5. The first kappa shape index (κ1) is 8.65. The highest BCUT2D eigenvalue weighted by molar-refractivity contribution is 4.97. The third-order valence-electron chi connectivity index (χ3n) is 2.35. The molecule has 2 rings (SSSR count). The Balaban J connectivity index is 2.17. The van der Waals surface area contributed by atoms with Gasteiger partial charge in [-0.3, -0.25) is 4.90 Å². The van der Waals surface area contributed by atoms with E-state index in [-0.39, 0.29) is 12.1 Å². The molecular formula is C8H13N3O2. The van der Waals surface area contributed by atoms with Crippen molar-refractivity contribution in [3.63, 3.8) is 0 Å². The van der Waals surface area contributed by atoms with Crippen molar-refractivity contribution in [3.8, 4) is 0 Å². The van der Waals surface area contributed by atoms with Crippen LogP contribution in [0.5, 0.6) is 0 Å². The predicted molar refractivity (Wildman–Crippen MR) is 45.0 cm³/mol. The molecule has 5 nitrogen and oxygen atoms in total. The van der Waals surface area contributed by atoms with Crippen molar-refractivity contribution in [2.45, 2.75) is 25.5 Å². The first-order chi connectivity index (χ1) is 6.16. The molecule has 1 aromatic heterocycles. The molecule has 1 unspecified atom stereocenters. The van der Waals surface area contributed by atoms with Gasteiger partial charge in [-0.25, -0.2) is 0 Å². The van der Waals surface area contributed by atoms with E-state index in [4.69, 9.17) is 4.52 Å². The zero-order valence-electron chi connectivity index (χ0n) is 7.77. The number of hydrogen-bond donors (Lipinski definition) is 1. The zero-order valence-corrected chi connectivity index (χ0v) is 7.77. The molecule has 5 heteroatoms. The zero-order chi connectivity index (χ0) is 9.42. The largest absolute Gasteiger partial charge is 0.392 e. The molecule has 0 amide bonds. The van der Waals surface area contributed by atoms with Crippen molar-refractivity contribution in [1.29, 1.82) is 0 Å². The second-order valence-corrected chi connectivity index (χ2v) is 3.52. The van der Waals surface area contributed by atoms with Crippen LogP contribution in [0.1, 0.15) is 24.2 Å². The van der Waals surface area contributed by atoms with Gasteiger partial charge in [0.25, 0.3) is 0 Å². The molecule has 0 spiro atoms. The quantitative estimate of drug-likeness (QED) is 0.669. The van der Waals surface area contributed by atoms with E-state index >= 15 is 0 Å². The first-order valence-corrected chi connectivity index (χ1v) is 4.35. The molecule has 0 radical (unpaired) electrons. The number of nitrogens with zero attached hydrogens (tertiary/aromatic N) is 3. The molecule has 1 aliphatic heterocycles. The van der Waals surface area contributed by atoms with Crippen LogP contribution in [0.4, 0.5) is 0 Å². The van der Waals surface area contributed by atoms with Crippen LogP contribution in [-0.4, -0.2) is 39.8 Å². The van der Waals surface area contributed by atoms with Crippen LogP contribution in [0.25, 0.3) is 0 Å². The number of likely N-dealkylation sites (tertiary alicyclic amines) is 1. The number of hydrogen-bond acceptors (Lipinski definition) is 5. The Labute approximate surface area is 76.4 Å². The molecule has 1 N–H and O–H groups in total. The van der Waals surface area contributed by atoms with Crippen LogP contribution >= 0.6 is 0 Å². The van der Waals surface area contributed by atoms with Crippen molar-refractivity contribution in [2.24, 2.45) is 0 Å². The summed E-state index contributed by atoms with van der Waals surface area (Å²) in [4.78, 5) is 6.17. The van der Waals surface area contributed by atoms with Gasteiger partial charge in [0.1, 0.15) is 0 Å². The van der Waals surface area contributed by atoms with Crippen molar-refractivity contribution < 1.29 is 9.63 Å². The molecule has 0 aromatic carbocycles. The number of aliphatic hydroxyl groups is 1. The second-order valence-electron chi connectivity index (χ2n) is 3.52. The molecule has 1 saturated heterocycles. The Morgan fingerprint density at radius 1 is 1.62 bits per heavy atom. The van der Waals surface area contributed by atoms with Gasteiger partial charge in [-0.1, -0.05) is 5.16 Å². The van der Waals surface area contributed by atoms with Crippen LogP contribution in [0.2, 0.25) is 0 Å². The van der Waals surface area contributed by atoms with Gasteiger partial charge in [0, 0.05) is 6.54 Å². The molecule has 2 atom stereocenters. The van der Waals surface area contributed by atoms with Crippen LogP contribution in [0.3, 0.4) is 0 Å². The van der Waals surface area contributed by atoms with Gasteiger partial charge < -0.3 is 9.63 Å². The van der Waals surface area contributed by atoms with Gasteiger partial charge in [-0.15, -0.1) is 0 Å². The number of aliphatic hydroxyl groups excluding tert-OH is 1. The van der Waals surface area contributed by atoms with Crippen molar-refractivity contribution in [1.82, 2.24) is 15.0 Å². The Morgan fingerprint density at radius 2 is 2.38 bits per heavy atom. The lowest BCUT2D eigenvalue weighted by Crippen LogP contribution is -2.19. The van der Waals surface area contributed by atoms with Crippen LogP contribution in [0.15, 0.2) is 4.52 Å². The van der Waals surface area contributed by atoms with E-state index < -0.39 is 0 Å². The highest BCUT2D eigenvalue weighted by Gasteiger charge is 2.32. The molecular weight excluding hydrogens is 170 g/mol. The monoisotopic (exact) mass is 183 g/mol. The summed E-state index contributed by atoms with van der Waals surface area (Å²) < 4.78 is 5.05. The van der Waals surface area contributed by atoms with Gasteiger partial charge in [-0.2, -0.15) is 4.98 Å². The Kier molecular flexibility index (Phi) is 2.05. The summed E-state index contributed by atoms with van der Waals surface area (Å²) in [6.07, 6.45) is 0.403. The molecule has 1 fully saturated rings. The van der Waals surface area contributed by atoms with Gasteiger partial charge in [0.05, 0.1) is 12.1 Å². The molecule has 1 aromatic rings. The van der Waals surface area contributed by atoms with E-state index in [1.54, 1.807) is 6.92 Å². The summed E-state index contributed by atoms with van der Waals surface area (Å²) in [6.45, 7) is 2.46. The predicted octanol–water partition coefficient (Wildman–Crippen LogP) is 0.116.